The van der Waals surface area contributed by atoms with E-state index in [1.807, 2.05) is 0 Å². The Labute approximate surface area is 146 Å². The summed E-state index contributed by atoms with van der Waals surface area (Å²) in [6.07, 6.45) is 2.80. The first kappa shape index (κ1) is 15.6. The number of tetrazole rings is 1. The first-order valence-electron chi connectivity index (χ1n) is 7.69. The first-order chi connectivity index (χ1) is 12.7. The fourth-order valence-electron chi connectivity index (χ4n) is 2.47. The third-order valence-corrected chi connectivity index (χ3v) is 3.71. The maximum absolute atomic E-state index is 12.4. The zero-order valence-electron chi connectivity index (χ0n) is 13.4. The summed E-state index contributed by atoms with van der Waals surface area (Å²) in [5.41, 5.74) is 1.02. The molecule has 0 N–H and O–H groups in total. The summed E-state index contributed by atoms with van der Waals surface area (Å²) in [6, 6.07) is 13.6. The number of fused-ring (bicyclic) bond motifs is 1. The van der Waals surface area contributed by atoms with Crippen LogP contribution < -0.4 is 10.3 Å². The lowest BCUT2D eigenvalue weighted by Gasteiger charge is -2.08. The molecule has 0 amide bonds. The number of nitrogens with zero attached hydrogens (tertiary/aromatic N) is 6. The van der Waals surface area contributed by atoms with Gasteiger partial charge in [0.2, 0.25) is 0 Å². The molecule has 0 saturated heterocycles. The van der Waals surface area contributed by atoms with Gasteiger partial charge in [-0.1, -0.05) is 12.1 Å². The standard InChI is InChI=1S/C17H12N6O3/c24-16(9-22-10-18-15-4-2-1-3-14(15)17(22)25)26-13-7-5-12(6-8-13)23-11-19-20-21-23/h1-8,10-11H,9H2. The molecule has 2 heterocycles. The van der Waals surface area contributed by atoms with E-state index in [0.717, 1.165) is 5.69 Å². The van der Waals surface area contributed by atoms with Crippen LogP contribution in [0.2, 0.25) is 0 Å². The van der Waals surface area contributed by atoms with Crippen LogP contribution in [0.3, 0.4) is 0 Å². The number of carbonyl (C=O) groups is 1. The number of rotatable bonds is 4. The van der Waals surface area contributed by atoms with E-state index >= 15 is 0 Å². The number of hydrogen-bond acceptors (Lipinski definition) is 7. The van der Waals surface area contributed by atoms with Gasteiger partial charge >= 0.3 is 5.97 Å². The molecule has 0 unspecified atom stereocenters. The van der Waals surface area contributed by atoms with Crippen LogP contribution in [0.25, 0.3) is 16.6 Å². The molecule has 0 aliphatic rings. The Morgan fingerprint density at radius 3 is 2.62 bits per heavy atom. The summed E-state index contributed by atoms with van der Waals surface area (Å²) in [6.45, 7) is -0.231. The lowest BCUT2D eigenvalue weighted by molar-refractivity contribution is -0.135. The molecular weight excluding hydrogens is 336 g/mol. The predicted molar refractivity (Wildman–Crippen MR) is 90.8 cm³/mol. The van der Waals surface area contributed by atoms with E-state index in [0.29, 0.717) is 16.7 Å². The topological polar surface area (TPSA) is 105 Å². The van der Waals surface area contributed by atoms with Crippen molar-refractivity contribution in [1.29, 1.82) is 0 Å². The summed E-state index contributed by atoms with van der Waals surface area (Å²) < 4.78 is 7.97. The van der Waals surface area contributed by atoms with Crippen molar-refractivity contribution in [1.82, 2.24) is 29.8 Å². The van der Waals surface area contributed by atoms with Crippen molar-refractivity contribution in [3.8, 4) is 11.4 Å². The van der Waals surface area contributed by atoms with Crippen molar-refractivity contribution in [2.45, 2.75) is 6.54 Å². The minimum atomic E-state index is -0.570. The van der Waals surface area contributed by atoms with Crippen LogP contribution in [0.15, 0.2) is 66.0 Å². The summed E-state index contributed by atoms with van der Waals surface area (Å²) in [5.74, 6) is -0.215. The van der Waals surface area contributed by atoms with E-state index in [4.69, 9.17) is 4.74 Å². The summed E-state index contributed by atoms with van der Waals surface area (Å²) in [5, 5.41) is 11.3. The largest absolute Gasteiger partial charge is 0.425 e. The van der Waals surface area contributed by atoms with E-state index in [2.05, 4.69) is 20.5 Å². The van der Waals surface area contributed by atoms with Gasteiger partial charge in [-0.15, -0.1) is 5.10 Å². The van der Waals surface area contributed by atoms with Crippen molar-refractivity contribution in [2.75, 3.05) is 0 Å². The van der Waals surface area contributed by atoms with Crippen LogP contribution in [0.4, 0.5) is 0 Å². The molecule has 0 atom stereocenters. The Bertz CT molecular complexity index is 1120. The minimum absolute atomic E-state index is 0.231. The van der Waals surface area contributed by atoms with Crippen LogP contribution in [0.5, 0.6) is 5.75 Å². The van der Waals surface area contributed by atoms with Gasteiger partial charge < -0.3 is 4.74 Å². The molecule has 4 rings (SSSR count). The molecule has 0 radical (unpaired) electrons. The van der Waals surface area contributed by atoms with E-state index in [1.165, 1.54) is 21.9 Å². The number of esters is 1. The third kappa shape index (κ3) is 3.05. The Hall–Kier alpha value is -3.88. The second kappa shape index (κ2) is 6.55. The molecule has 0 fully saturated rings. The van der Waals surface area contributed by atoms with Gasteiger partial charge in [0.15, 0.2) is 0 Å². The molecule has 128 valence electrons. The van der Waals surface area contributed by atoms with Crippen molar-refractivity contribution >= 4 is 16.9 Å². The van der Waals surface area contributed by atoms with Crippen LogP contribution >= 0.6 is 0 Å². The molecule has 9 nitrogen and oxygen atoms in total. The number of aromatic nitrogens is 6. The first-order valence-corrected chi connectivity index (χ1v) is 7.69. The highest BCUT2D eigenvalue weighted by molar-refractivity contribution is 5.78. The lowest BCUT2D eigenvalue weighted by Crippen LogP contribution is -2.26. The number of ether oxygens (including phenoxy) is 1. The maximum atomic E-state index is 12.4. The highest BCUT2D eigenvalue weighted by Gasteiger charge is 2.10. The van der Waals surface area contributed by atoms with E-state index in [1.54, 1.807) is 48.5 Å². The molecule has 0 aliphatic heterocycles. The summed E-state index contributed by atoms with van der Waals surface area (Å²) in [4.78, 5) is 28.7. The molecule has 4 aromatic rings. The number of hydrogen-bond donors (Lipinski definition) is 0. The molecule has 0 aliphatic carbocycles. The second-order valence-corrected chi connectivity index (χ2v) is 5.42. The van der Waals surface area contributed by atoms with E-state index in [-0.39, 0.29) is 12.1 Å². The molecule has 2 aromatic heterocycles. The normalized spacial score (nSPS) is 10.8. The summed E-state index contributed by atoms with van der Waals surface area (Å²) in [7, 11) is 0. The fraction of sp³-hybridized carbons (Fsp3) is 0.0588. The lowest BCUT2D eigenvalue weighted by atomic mass is 10.2. The average Bonchev–Trinajstić information content (AvgIpc) is 3.20. The van der Waals surface area contributed by atoms with Gasteiger partial charge in [-0.2, -0.15) is 0 Å². The van der Waals surface area contributed by atoms with E-state index in [9.17, 15) is 9.59 Å². The maximum Gasteiger partial charge on any atom is 0.331 e. The summed E-state index contributed by atoms with van der Waals surface area (Å²) >= 11 is 0. The van der Waals surface area contributed by atoms with Crippen molar-refractivity contribution < 1.29 is 9.53 Å². The third-order valence-electron chi connectivity index (χ3n) is 3.71. The molecule has 0 bridgehead atoms. The van der Waals surface area contributed by atoms with Crippen LogP contribution in [-0.2, 0) is 11.3 Å². The zero-order chi connectivity index (χ0) is 17.9. The molecule has 2 aromatic carbocycles. The number of carbonyl (C=O) groups excluding carboxylic acids is 1. The van der Waals surface area contributed by atoms with Crippen molar-refractivity contribution in [2.24, 2.45) is 0 Å². The number of para-hydroxylation sites is 1. The van der Waals surface area contributed by atoms with Crippen LogP contribution in [-0.4, -0.2) is 35.7 Å². The van der Waals surface area contributed by atoms with Crippen LogP contribution in [0, 0.1) is 0 Å². The quantitative estimate of drug-likeness (QED) is 0.400. The van der Waals surface area contributed by atoms with Gasteiger partial charge in [0.1, 0.15) is 18.6 Å². The van der Waals surface area contributed by atoms with Gasteiger partial charge in [-0.25, -0.2) is 14.5 Å². The van der Waals surface area contributed by atoms with Crippen LogP contribution in [0.1, 0.15) is 0 Å². The second-order valence-electron chi connectivity index (χ2n) is 5.42. The number of benzene rings is 2. The van der Waals surface area contributed by atoms with Crippen molar-refractivity contribution in [3.63, 3.8) is 0 Å². The van der Waals surface area contributed by atoms with Gasteiger partial charge in [0, 0.05) is 0 Å². The monoisotopic (exact) mass is 348 g/mol. The minimum Gasteiger partial charge on any atom is -0.425 e. The van der Waals surface area contributed by atoms with Gasteiger partial charge in [-0.3, -0.25) is 9.36 Å². The van der Waals surface area contributed by atoms with Gasteiger partial charge in [0.05, 0.1) is 22.9 Å². The fourth-order valence-corrected chi connectivity index (χ4v) is 2.47. The van der Waals surface area contributed by atoms with Gasteiger partial charge in [-0.05, 0) is 46.8 Å². The average molecular weight is 348 g/mol. The molecular formula is C17H12N6O3. The Morgan fingerprint density at radius 1 is 1.04 bits per heavy atom. The molecule has 0 saturated carbocycles. The Balaban J connectivity index is 1.49. The van der Waals surface area contributed by atoms with Gasteiger partial charge in [0.25, 0.3) is 5.56 Å². The predicted octanol–water partition coefficient (Wildman–Crippen LogP) is 0.978. The van der Waals surface area contributed by atoms with Crippen molar-refractivity contribution in [3.05, 3.63) is 71.5 Å². The highest BCUT2D eigenvalue weighted by atomic mass is 16.5. The molecule has 0 spiro atoms. The molecule has 26 heavy (non-hydrogen) atoms. The highest BCUT2D eigenvalue weighted by Crippen LogP contribution is 2.14. The molecule has 9 heteroatoms. The Kier molecular flexibility index (Phi) is 3.94. The SMILES string of the molecule is O=C(Cn1cnc2ccccc2c1=O)Oc1ccc(-n2cnnn2)cc1. The zero-order valence-corrected chi connectivity index (χ0v) is 13.4. The van der Waals surface area contributed by atoms with E-state index < -0.39 is 5.97 Å². The smallest absolute Gasteiger partial charge is 0.331 e. The Morgan fingerprint density at radius 2 is 1.85 bits per heavy atom.